The number of ketones is 6. The van der Waals surface area contributed by atoms with E-state index >= 15 is 0 Å². The van der Waals surface area contributed by atoms with Crippen molar-refractivity contribution < 1.29 is 28.8 Å². The minimum atomic E-state index is -0.187. The van der Waals surface area contributed by atoms with Gasteiger partial charge in [0.25, 0.3) is 0 Å². The predicted molar refractivity (Wildman–Crippen MR) is 82.7 cm³/mol. The van der Waals surface area contributed by atoms with Gasteiger partial charge in [-0.1, -0.05) is 0 Å². The average Bonchev–Trinajstić information content (AvgIpc) is 2.10. The van der Waals surface area contributed by atoms with Crippen LogP contribution in [0.1, 0.15) is 41.5 Å². The van der Waals surface area contributed by atoms with E-state index in [9.17, 15) is 28.8 Å². The second-order valence-corrected chi connectivity index (χ2v) is 4.10. The molecule has 7 heteroatoms. The number of rotatable bonds is 6. The second-order valence-electron chi connectivity index (χ2n) is 4.10. The Morgan fingerprint density at radius 2 is 0.500 bits per heavy atom. The third-order valence-electron chi connectivity index (χ3n) is 1.22. The van der Waals surface area contributed by atoms with Gasteiger partial charge >= 0.3 is 19.8 Å². The first-order chi connectivity index (χ1) is 9.38. The second kappa shape index (κ2) is 17.3. The quantitative estimate of drug-likeness (QED) is 0.390. The normalized spacial score (nSPS) is 7.36. The van der Waals surface area contributed by atoms with Crippen molar-refractivity contribution in [2.45, 2.75) is 41.5 Å². The van der Waals surface area contributed by atoms with Gasteiger partial charge in [-0.25, -0.2) is 0 Å². The van der Waals surface area contributed by atoms with Crippen LogP contribution in [0.4, 0.5) is 0 Å². The summed E-state index contributed by atoms with van der Waals surface area (Å²) in [7, 11) is 0. The Hall–Kier alpha value is -1.73. The largest absolute Gasteiger partial charge is 3.00 e. The van der Waals surface area contributed by atoms with Crippen molar-refractivity contribution in [1.29, 1.82) is 0 Å². The molecular formula is C15H21GaO6. The standard InChI is InChI=1S/3C5H7O2.Ga/c3*1-4(6)3-5(2)7;/h3*3H,1-2H3;/q3*-1;+3. The molecule has 0 bridgehead atoms. The van der Waals surface area contributed by atoms with Crippen molar-refractivity contribution in [2.24, 2.45) is 0 Å². The zero-order valence-corrected chi connectivity index (χ0v) is 16.2. The molecule has 0 amide bonds. The maximum atomic E-state index is 9.98. The fourth-order valence-electron chi connectivity index (χ4n) is 0.859. The van der Waals surface area contributed by atoms with Gasteiger partial charge in [-0.2, -0.15) is 0 Å². The van der Waals surface area contributed by atoms with Gasteiger partial charge in [0, 0.05) is 34.7 Å². The van der Waals surface area contributed by atoms with Gasteiger partial charge in [-0.15, -0.1) is 0 Å². The summed E-state index contributed by atoms with van der Waals surface area (Å²) in [5, 5.41) is 0. The Morgan fingerprint density at radius 3 is 0.500 bits per heavy atom. The summed E-state index contributed by atoms with van der Waals surface area (Å²) in [5.74, 6) is -1.12. The molecule has 0 aromatic rings. The van der Waals surface area contributed by atoms with E-state index in [1.165, 1.54) is 41.5 Å². The first kappa shape index (κ1) is 28.4. The number of hydrogen-bond acceptors (Lipinski definition) is 6. The summed E-state index contributed by atoms with van der Waals surface area (Å²) in [6, 6.07) is 0. The predicted octanol–water partition coefficient (Wildman–Crippen LogP) is 0.725. The van der Waals surface area contributed by atoms with E-state index in [1.807, 2.05) is 0 Å². The molecule has 0 radical (unpaired) electrons. The number of carbonyl (C=O) groups excluding carboxylic acids is 6. The summed E-state index contributed by atoms with van der Waals surface area (Å²) in [5.41, 5.74) is 0. The summed E-state index contributed by atoms with van der Waals surface area (Å²) in [6.45, 7) is 8.09. The topological polar surface area (TPSA) is 102 Å². The molecule has 0 aromatic carbocycles. The summed E-state index contributed by atoms with van der Waals surface area (Å²) < 4.78 is 0. The van der Waals surface area contributed by atoms with E-state index in [2.05, 4.69) is 0 Å². The van der Waals surface area contributed by atoms with Gasteiger partial charge in [-0.3, -0.25) is 19.3 Å². The van der Waals surface area contributed by atoms with Crippen LogP contribution in [0.5, 0.6) is 0 Å². The Morgan fingerprint density at radius 1 is 0.409 bits per heavy atom. The molecule has 0 saturated carbocycles. The summed E-state index contributed by atoms with van der Waals surface area (Å²) in [4.78, 5) is 59.9. The first-order valence-electron chi connectivity index (χ1n) is 5.96. The van der Waals surface area contributed by atoms with Crippen molar-refractivity contribution >= 4 is 54.5 Å². The molecule has 0 aliphatic heterocycles. The van der Waals surface area contributed by atoms with Crippen molar-refractivity contribution in [1.82, 2.24) is 0 Å². The van der Waals surface area contributed by atoms with Gasteiger partial charge in [0.1, 0.15) is 0 Å². The zero-order valence-electron chi connectivity index (χ0n) is 13.8. The number of hydrogen-bond donors (Lipinski definition) is 0. The Bertz CT molecular complexity index is 314. The van der Waals surface area contributed by atoms with E-state index in [0.717, 1.165) is 19.3 Å². The van der Waals surface area contributed by atoms with Crippen LogP contribution in [0.3, 0.4) is 0 Å². The molecule has 0 aliphatic rings. The van der Waals surface area contributed by atoms with Gasteiger partial charge in [0.15, 0.2) is 0 Å². The van der Waals surface area contributed by atoms with Gasteiger partial charge < -0.3 is 28.8 Å². The van der Waals surface area contributed by atoms with Gasteiger partial charge in [0.05, 0.1) is 0 Å². The molecule has 0 rings (SSSR count). The molecule has 0 saturated heterocycles. The van der Waals surface area contributed by atoms with E-state index in [4.69, 9.17) is 0 Å². The van der Waals surface area contributed by atoms with Gasteiger partial charge in [-0.05, 0) is 41.5 Å². The first-order valence-corrected chi connectivity index (χ1v) is 5.96. The van der Waals surface area contributed by atoms with Crippen LogP contribution < -0.4 is 0 Å². The van der Waals surface area contributed by atoms with Crippen LogP contribution >= 0.6 is 0 Å². The van der Waals surface area contributed by atoms with E-state index in [1.54, 1.807) is 0 Å². The SMILES string of the molecule is CC(=O)[CH-]C(C)=O.CC(=O)[CH-]C(C)=O.CC(=O)[CH-]C(C)=O.[Ga+3]. The molecular weight excluding hydrogens is 346 g/mol. The monoisotopic (exact) mass is 366 g/mol. The van der Waals surface area contributed by atoms with Crippen LogP contribution in [0, 0.1) is 19.3 Å². The molecule has 0 atom stereocenters. The minimum Gasteiger partial charge on any atom is -0.334 e. The summed E-state index contributed by atoms with van der Waals surface area (Å²) in [6.07, 6.45) is 3.17. The zero-order chi connectivity index (χ0) is 17.6. The molecule has 22 heavy (non-hydrogen) atoms. The molecule has 0 unspecified atom stereocenters. The smallest absolute Gasteiger partial charge is 0.334 e. The molecule has 0 N–H and O–H groups in total. The maximum absolute atomic E-state index is 9.98. The van der Waals surface area contributed by atoms with Crippen LogP contribution in [0.2, 0.25) is 0 Å². The number of Topliss-reactive ketones (excluding diaryl/α,β-unsaturated/α-hetero) is 6. The van der Waals surface area contributed by atoms with Crippen LogP contribution in [-0.4, -0.2) is 54.5 Å². The third kappa shape index (κ3) is 51.7. The van der Waals surface area contributed by atoms with Crippen molar-refractivity contribution in [3.8, 4) is 0 Å². The molecule has 6 nitrogen and oxygen atoms in total. The van der Waals surface area contributed by atoms with Crippen LogP contribution in [-0.2, 0) is 28.8 Å². The third-order valence-corrected chi connectivity index (χ3v) is 1.22. The molecule has 0 heterocycles. The van der Waals surface area contributed by atoms with Gasteiger partial charge in [0.2, 0.25) is 0 Å². The Balaban J connectivity index is -0.000000108. The van der Waals surface area contributed by atoms with E-state index in [-0.39, 0.29) is 54.5 Å². The minimum absolute atomic E-state index is 0. The molecule has 0 aromatic heterocycles. The Kier molecular flexibility index (Phi) is 22.4. The van der Waals surface area contributed by atoms with Crippen molar-refractivity contribution in [3.05, 3.63) is 19.3 Å². The van der Waals surface area contributed by atoms with Crippen molar-refractivity contribution in [2.75, 3.05) is 0 Å². The van der Waals surface area contributed by atoms with Crippen LogP contribution in [0.15, 0.2) is 0 Å². The Labute approximate surface area is 144 Å². The summed E-state index contributed by atoms with van der Waals surface area (Å²) >= 11 is 0. The fourth-order valence-corrected chi connectivity index (χ4v) is 0.859. The molecule has 120 valence electrons. The molecule has 0 spiro atoms. The van der Waals surface area contributed by atoms with Crippen molar-refractivity contribution in [3.63, 3.8) is 0 Å². The molecule has 0 aliphatic carbocycles. The molecule has 0 fully saturated rings. The van der Waals surface area contributed by atoms with E-state index < -0.39 is 0 Å². The van der Waals surface area contributed by atoms with Crippen LogP contribution in [0.25, 0.3) is 0 Å². The number of carbonyl (C=O) groups is 6. The average molecular weight is 367 g/mol. The fraction of sp³-hybridized carbons (Fsp3) is 0.400. The van der Waals surface area contributed by atoms with E-state index in [0.29, 0.717) is 0 Å². The maximum Gasteiger partial charge on any atom is 3.00 e.